The van der Waals surface area contributed by atoms with Crippen LogP contribution in [0, 0.1) is 11.3 Å². The molecule has 0 bridgehead atoms. The maximum Gasteiger partial charge on any atom is 0.327 e. The number of hydrogen-bond acceptors (Lipinski definition) is 2. The van der Waals surface area contributed by atoms with Gasteiger partial charge in [0.1, 0.15) is 0 Å². The van der Waals surface area contributed by atoms with E-state index in [4.69, 9.17) is 4.52 Å². The van der Waals surface area contributed by atoms with Gasteiger partial charge in [-0.3, -0.25) is 4.52 Å². The average molecular weight is 660 g/mol. The van der Waals surface area contributed by atoms with Crippen LogP contribution in [0.1, 0.15) is 216 Å². The Morgan fingerprint density at radius 1 is 0.500 bits per heavy atom. The molecule has 0 radical (unpaired) electrons. The molecule has 0 aromatic rings. The van der Waals surface area contributed by atoms with Gasteiger partial charge in [0, 0.05) is 7.26 Å². The first-order chi connectivity index (χ1) is 21.2. The van der Waals surface area contributed by atoms with Crippen molar-refractivity contribution in [1.29, 1.82) is 0 Å². The molecule has 0 N–H and O–H groups in total. The molecule has 266 valence electrons. The van der Waals surface area contributed by atoms with Gasteiger partial charge in [-0.15, -0.1) is 0 Å². The van der Waals surface area contributed by atoms with Crippen LogP contribution in [0.4, 0.5) is 0 Å². The van der Waals surface area contributed by atoms with E-state index in [1.165, 1.54) is 128 Å². The van der Waals surface area contributed by atoms with Gasteiger partial charge in [-0.05, 0) is 69.1 Å². The molecule has 0 saturated heterocycles. The molecule has 2 nitrogen and oxygen atoms in total. The summed E-state index contributed by atoms with van der Waals surface area (Å²) < 4.78 is 14.7. The van der Waals surface area contributed by atoms with E-state index in [1.54, 1.807) is 50.3 Å². The second-order valence-corrected chi connectivity index (χ2v) is 20.4. The van der Waals surface area contributed by atoms with Gasteiger partial charge >= 0.3 is 8.69 Å². The van der Waals surface area contributed by atoms with Crippen molar-refractivity contribution in [2.45, 2.75) is 216 Å². The van der Waals surface area contributed by atoms with E-state index in [1.807, 2.05) is 0 Å². The predicted octanol–water partition coefficient (Wildman–Crippen LogP) is 15.7. The third-order valence-corrected chi connectivity index (χ3v) is 14.6. The molecule has 0 aromatic carbocycles. The highest BCUT2D eigenvalue weighted by Crippen LogP contribution is 2.61. The highest BCUT2D eigenvalue weighted by molar-refractivity contribution is 7.75. The number of hydrogen-bond donors (Lipinski definition) is 0. The SMILES string of the molecule is CC(COP=O)CC(C)(C)C.CCCCCCCCCCCCCC[P+](CCCCCC)(CCCCCC)CCCCCC. The van der Waals surface area contributed by atoms with Gasteiger partial charge in [-0.2, -0.15) is 0 Å². The van der Waals surface area contributed by atoms with Gasteiger partial charge in [0.25, 0.3) is 0 Å². The molecule has 0 rings (SSSR count). The van der Waals surface area contributed by atoms with E-state index in [0.717, 1.165) is 6.42 Å². The van der Waals surface area contributed by atoms with Crippen LogP contribution in [-0.2, 0) is 9.09 Å². The summed E-state index contributed by atoms with van der Waals surface area (Å²) >= 11 is 0. The first-order valence-corrected chi connectivity index (χ1v) is 23.3. The minimum Gasteiger partial charge on any atom is -0.294 e. The molecule has 1 atom stereocenters. The zero-order valence-electron chi connectivity index (χ0n) is 32.0. The normalized spacial score (nSPS) is 12.8. The summed E-state index contributed by atoms with van der Waals surface area (Å²) in [6.07, 6.45) is 43.2. The van der Waals surface area contributed by atoms with E-state index < -0.39 is 7.26 Å². The van der Waals surface area contributed by atoms with Crippen LogP contribution in [0.2, 0.25) is 0 Å². The minimum absolute atomic E-state index is 0.204. The third-order valence-electron chi connectivity index (χ3n) is 9.32. The largest absolute Gasteiger partial charge is 0.327 e. The summed E-state index contributed by atoms with van der Waals surface area (Å²) in [4.78, 5) is 0. The van der Waals surface area contributed by atoms with Gasteiger partial charge in [0.05, 0.1) is 31.3 Å². The first-order valence-electron chi connectivity index (χ1n) is 20.0. The Kier molecular flexibility index (Phi) is 36.9. The van der Waals surface area contributed by atoms with Crippen molar-refractivity contribution in [1.82, 2.24) is 0 Å². The van der Waals surface area contributed by atoms with Crippen molar-refractivity contribution in [2.24, 2.45) is 11.3 Å². The maximum atomic E-state index is 9.95. The lowest BCUT2D eigenvalue weighted by Gasteiger charge is -2.28. The van der Waals surface area contributed by atoms with E-state index in [-0.39, 0.29) is 8.69 Å². The van der Waals surface area contributed by atoms with Crippen LogP contribution in [0.15, 0.2) is 0 Å². The Hall–Kier alpha value is 0.490. The van der Waals surface area contributed by atoms with Crippen molar-refractivity contribution < 1.29 is 9.09 Å². The molecule has 0 heterocycles. The molecular weight excluding hydrogens is 574 g/mol. The Morgan fingerprint density at radius 2 is 0.773 bits per heavy atom. The second kappa shape index (κ2) is 34.8. The fraction of sp³-hybridized carbons (Fsp3) is 1.00. The number of unbranched alkanes of at least 4 members (excludes halogenated alkanes) is 20. The van der Waals surface area contributed by atoms with Crippen LogP contribution < -0.4 is 0 Å². The summed E-state index contributed by atoms with van der Waals surface area (Å²) in [5.74, 6) is 0.483. The fourth-order valence-electron chi connectivity index (χ4n) is 6.84. The highest BCUT2D eigenvalue weighted by atomic mass is 31.2. The molecule has 44 heavy (non-hydrogen) atoms. The van der Waals surface area contributed by atoms with Gasteiger partial charge in [0.2, 0.25) is 0 Å². The lowest BCUT2D eigenvalue weighted by atomic mass is 9.86. The van der Waals surface area contributed by atoms with Crippen LogP contribution in [0.25, 0.3) is 0 Å². The van der Waals surface area contributed by atoms with Gasteiger partial charge < -0.3 is 0 Å². The van der Waals surface area contributed by atoms with E-state index in [0.29, 0.717) is 17.9 Å². The molecule has 0 aromatic heterocycles. The molecule has 0 fully saturated rings. The molecule has 0 amide bonds. The molecule has 0 saturated carbocycles. The van der Waals surface area contributed by atoms with Crippen molar-refractivity contribution >= 4 is 15.9 Å². The molecular formula is C40H85O2P2+. The van der Waals surface area contributed by atoms with Gasteiger partial charge in [-0.25, -0.2) is 4.57 Å². The topological polar surface area (TPSA) is 26.3 Å². The monoisotopic (exact) mass is 660 g/mol. The lowest BCUT2D eigenvalue weighted by molar-refractivity contribution is 0.220. The highest BCUT2D eigenvalue weighted by Gasteiger charge is 2.34. The van der Waals surface area contributed by atoms with Crippen LogP contribution >= 0.6 is 15.9 Å². The molecule has 0 aliphatic rings. The Morgan fingerprint density at radius 3 is 1.05 bits per heavy atom. The molecule has 4 heteroatoms. The summed E-state index contributed by atoms with van der Waals surface area (Å²) in [6, 6.07) is 0. The van der Waals surface area contributed by atoms with Crippen molar-refractivity contribution in [3.63, 3.8) is 0 Å². The first kappa shape index (κ1) is 46.6. The average Bonchev–Trinajstić information content (AvgIpc) is 2.98. The van der Waals surface area contributed by atoms with Crippen LogP contribution in [0.3, 0.4) is 0 Å². The van der Waals surface area contributed by atoms with Crippen molar-refractivity contribution in [2.75, 3.05) is 31.3 Å². The molecule has 1 unspecified atom stereocenters. The summed E-state index contributed by atoms with van der Waals surface area (Å²) in [5.41, 5.74) is 0.336. The van der Waals surface area contributed by atoms with Crippen molar-refractivity contribution in [3.05, 3.63) is 0 Å². The summed E-state index contributed by atoms with van der Waals surface area (Å²) in [6.45, 7) is 18.7. The standard InChI is InChI=1S/C32H68P.C8H17O2P/c1-5-9-13-17-18-19-20-21-22-23-24-28-32-33(29-25-14-10-6-2,30-26-15-11-7-3)31-27-16-12-8-4;1-7(6-10-11-9)5-8(2,3)4/h5-32H2,1-4H3;7H,5-6H2,1-4H3/q+1;. The summed E-state index contributed by atoms with van der Waals surface area (Å²) in [5, 5.41) is 0. The molecule has 0 spiro atoms. The predicted molar refractivity (Wildman–Crippen MR) is 207 cm³/mol. The Bertz CT molecular complexity index is 529. The Labute approximate surface area is 282 Å². The Balaban J connectivity index is 0. The van der Waals surface area contributed by atoms with Crippen LogP contribution in [0.5, 0.6) is 0 Å². The zero-order chi connectivity index (χ0) is 33.2. The maximum absolute atomic E-state index is 9.95. The second-order valence-electron chi connectivity index (χ2n) is 15.5. The third kappa shape index (κ3) is 35.3. The van der Waals surface area contributed by atoms with E-state index in [2.05, 4.69) is 55.4 Å². The van der Waals surface area contributed by atoms with Gasteiger partial charge in [0.15, 0.2) is 0 Å². The van der Waals surface area contributed by atoms with E-state index >= 15 is 0 Å². The van der Waals surface area contributed by atoms with Crippen LogP contribution in [-0.4, -0.2) is 31.3 Å². The lowest BCUT2D eigenvalue weighted by Crippen LogP contribution is -2.13. The zero-order valence-corrected chi connectivity index (χ0v) is 33.8. The quantitative estimate of drug-likeness (QED) is 0.0531. The molecule has 0 aliphatic heterocycles. The van der Waals surface area contributed by atoms with Crippen molar-refractivity contribution in [3.8, 4) is 0 Å². The minimum atomic E-state index is -0.697. The van der Waals surface area contributed by atoms with Gasteiger partial charge in [-0.1, -0.05) is 158 Å². The number of rotatable bonds is 32. The fourth-order valence-corrected chi connectivity index (χ4v) is 12.1. The molecule has 0 aliphatic carbocycles. The summed E-state index contributed by atoms with van der Waals surface area (Å²) in [7, 11) is -0.900. The van der Waals surface area contributed by atoms with E-state index in [9.17, 15) is 4.57 Å². The smallest absolute Gasteiger partial charge is 0.294 e.